The van der Waals surface area contributed by atoms with Crippen molar-refractivity contribution in [1.29, 1.82) is 0 Å². The number of methoxy groups -OCH3 is 1. The molecule has 7 heteroatoms. The predicted molar refractivity (Wildman–Crippen MR) is 134 cm³/mol. The van der Waals surface area contributed by atoms with Gasteiger partial charge in [-0.05, 0) is 61.9 Å². The molecule has 2 heterocycles. The van der Waals surface area contributed by atoms with E-state index in [4.69, 9.17) is 14.2 Å². The zero-order valence-corrected chi connectivity index (χ0v) is 20.8. The molecule has 1 atom stereocenters. The molecule has 2 amide bonds. The van der Waals surface area contributed by atoms with E-state index >= 15 is 0 Å². The molecule has 7 nitrogen and oxygen atoms in total. The lowest BCUT2D eigenvalue weighted by Crippen LogP contribution is -2.62. The summed E-state index contributed by atoms with van der Waals surface area (Å²) in [6.07, 6.45) is 3.49. The Kier molecular flexibility index (Phi) is 8.29. The summed E-state index contributed by atoms with van der Waals surface area (Å²) in [5.41, 5.74) is 1.07. The molecule has 1 saturated heterocycles. The Morgan fingerprint density at radius 2 is 1.94 bits per heavy atom. The first-order valence-corrected chi connectivity index (χ1v) is 12.6. The van der Waals surface area contributed by atoms with Gasteiger partial charge >= 0.3 is 0 Å². The number of fused-ring (bicyclic) bond motifs is 1. The van der Waals surface area contributed by atoms with E-state index in [2.05, 4.69) is 6.07 Å². The average Bonchev–Trinajstić information content (AvgIpc) is 2.89. The normalized spacial score (nSPS) is 21.5. The van der Waals surface area contributed by atoms with Gasteiger partial charge in [-0.2, -0.15) is 0 Å². The standard InChI is InChI=1S/C28H36N2O5/c1-3-29-15-17-34-25-13-5-4-10-23(25)11-6-7-14-28(27(29)32)21-30(16-18-35-28)26(31)20-22-9-8-12-24(19-22)33-2/h4-5,8-10,12-13,19H,3,6-7,11,14-18,20-21H2,1-2H3. The molecule has 0 N–H and O–H groups in total. The minimum atomic E-state index is -1.02. The maximum atomic E-state index is 13.8. The second-order valence-electron chi connectivity index (χ2n) is 9.23. The lowest BCUT2D eigenvalue weighted by Gasteiger charge is -2.44. The van der Waals surface area contributed by atoms with Gasteiger partial charge < -0.3 is 24.0 Å². The minimum Gasteiger partial charge on any atom is -0.497 e. The molecule has 1 fully saturated rings. The first-order valence-electron chi connectivity index (χ1n) is 12.6. The Balaban J connectivity index is 1.51. The fraction of sp³-hybridized carbons (Fsp3) is 0.500. The van der Waals surface area contributed by atoms with Gasteiger partial charge in [-0.25, -0.2) is 0 Å². The zero-order valence-electron chi connectivity index (χ0n) is 20.8. The maximum absolute atomic E-state index is 13.8. The molecular weight excluding hydrogens is 444 g/mol. The number of hydrogen-bond donors (Lipinski definition) is 0. The number of benzene rings is 2. The van der Waals surface area contributed by atoms with E-state index < -0.39 is 5.60 Å². The van der Waals surface area contributed by atoms with Crippen molar-refractivity contribution in [1.82, 2.24) is 9.80 Å². The molecule has 0 aromatic heterocycles. The number of para-hydroxylation sites is 1. The largest absolute Gasteiger partial charge is 0.497 e. The highest BCUT2D eigenvalue weighted by molar-refractivity contribution is 5.87. The van der Waals surface area contributed by atoms with E-state index in [0.717, 1.165) is 36.3 Å². The average molecular weight is 481 g/mol. The van der Waals surface area contributed by atoms with Gasteiger partial charge in [0.05, 0.1) is 33.2 Å². The number of carbonyl (C=O) groups excluding carboxylic acids is 2. The summed E-state index contributed by atoms with van der Waals surface area (Å²) in [6.45, 7) is 4.56. The molecule has 2 aromatic rings. The zero-order chi connectivity index (χ0) is 24.7. The molecule has 4 rings (SSSR count). The Morgan fingerprint density at radius 1 is 1.09 bits per heavy atom. The van der Waals surface area contributed by atoms with Crippen molar-refractivity contribution in [3.05, 3.63) is 59.7 Å². The van der Waals surface area contributed by atoms with Crippen LogP contribution in [0.5, 0.6) is 11.5 Å². The van der Waals surface area contributed by atoms with E-state index in [9.17, 15) is 9.59 Å². The fourth-order valence-corrected chi connectivity index (χ4v) is 4.99. The quantitative estimate of drug-likeness (QED) is 0.670. The molecule has 2 aliphatic rings. The van der Waals surface area contributed by atoms with Gasteiger partial charge in [0.1, 0.15) is 18.1 Å². The molecule has 1 spiro atoms. The molecule has 1 unspecified atom stereocenters. The van der Waals surface area contributed by atoms with Crippen LogP contribution in [0.15, 0.2) is 48.5 Å². The third-order valence-electron chi connectivity index (χ3n) is 6.95. The predicted octanol–water partition coefficient (Wildman–Crippen LogP) is 3.49. The van der Waals surface area contributed by atoms with Gasteiger partial charge in [0.25, 0.3) is 5.91 Å². The summed E-state index contributed by atoms with van der Waals surface area (Å²) in [5, 5.41) is 0. The van der Waals surface area contributed by atoms with Gasteiger partial charge in [-0.3, -0.25) is 9.59 Å². The minimum absolute atomic E-state index is 0.000142. The molecule has 0 aliphatic carbocycles. The van der Waals surface area contributed by atoms with Gasteiger partial charge in [0, 0.05) is 13.1 Å². The van der Waals surface area contributed by atoms with Crippen LogP contribution in [0.25, 0.3) is 0 Å². The molecule has 0 saturated carbocycles. The lowest BCUT2D eigenvalue weighted by atomic mass is 9.90. The highest BCUT2D eigenvalue weighted by Crippen LogP contribution is 2.30. The summed E-state index contributed by atoms with van der Waals surface area (Å²) < 4.78 is 17.6. The number of likely N-dealkylation sites (N-methyl/N-ethyl adjacent to an activating group) is 1. The van der Waals surface area contributed by atoms with Gasteiger partial charge in [-0.15, -0.1) is 0 Å². The Labute approximate surface area is 207 Å². The van der Waals surface area contributed by atoms with Gasteiger partial charge in [-0.1, -0.05) is 30.3 Å². The molecule has 0 radical (unpaired) electrons. The highest BCUT2D eigenvalue weighted by Gasteiger charge is 2.46. The second kappa shape index (κ2) is 11.6. The molecule has 2 aliphatic heterocycles. The molecule has 2 aromatic carbocycles. The van der Waals surface area contributed by atoms with Crippen LogP contribution in [0, 0.1) is 0 Å². The molecule has 188 valence electrons. The van der Waals surface area contributed by atoms with Crippen LogP contribution in [0.3, 0.4) is 0 Å². The number of ether oxygens (including phenoxy) is 3. The third-order valence-corrected chi connectivity index (χ3v) is 6.95. The maximum Gasteiger partial charge on any atom is 0.256 e. The van der Waals surface area contributed by atoms with Crippen LogP contribution in [0.2, 0.25) is 0 Å². The van der Waals surface area contributed by atoms with Crippen LogP contribution in [0.4, 0.5) is 0 Å². The number of nitrogens with zero attached hydrogens (tertiary/aromatic N) is 2. The second-order valence-corrected chi connectivity index (χ2v) is 9.23. The Hall–Kier alpha value is -3.06. The fourth-order valence-electron chi connectivity index (χ4n) is 4.99. The van der Waals surface area contributed by atoms with Gasteiger partial charge in [0.2, 0.25) is 5.91 Å². The van der Waals surface area contributed by atoms with Crippen LogP contribution in [0.1, 0.15) is 37.3 Å². The Morgan fingerprint density at radius 3 is 2.77 bits per heavy atom. The first-order chi connectivity index (χ1) is 17.0. The summed E-state index contributed by atoms with van der Waals surface area (Å²) in [4.78, 5) is 30.7. The van der Waals surface area contributed by atoms with Crippen molar-refractivity contribution < 1.29 is 23.8 Å². The highest BCUT2D eigenvalue weighted by atomic mass is 16.5. The monoisotopic (exact) mass is 480 g/mol. The van der Waals surface area contributed by atoms with Crippen molar-refractivity contribution in [2.75, 3.05) is 46.5 Å². The van der Waals surface area contributed by atoms with E-state index in [0.29, 0.717) is 39.3 Å². The number of aryl methyl sites for hydroxylation is 1. The van der Waals surface area contributed by atoms with Crippen molar-refractivity contribution in [3.63, 3.8) is 0 Å². The summed E-state index contributed by atoms with van der Waals surface area (Å²) >= 11 is 0. The SMILES string of the molecule is CCN1CCOc2ccccc2CCCCC2(CN(C(=O)Cc3cccc(OC)c3)CCO2)C1=O. The van der Waals surface area contributed by atoms with Crippen molar-refractivity contribution >= 4 is 11.8 Å². The van der Waals surface area contributed by atoms with E-state index in [-0.39, 0.29) is 24.8 Å². The van der Waals surface area contributed by atoms with Crippen molar-refractivity contribution in [2.45, 2.75) is 44.6 Å². The molecular formula is C28H36N2O5. The van der Waals surface area contributed by atoms with E-state index in [1.54, 1.807) is 16.9 Å². The van der Waals surface area contributed by atoms with Gasteiger partial charge in [0.15, 0.2) is 5.60 Å². The number of carbonyl (C=O) groups is 2. The van der Waals surface area contributed by atoms with Crippen LogP contribution < -0.4 is 9.47 Å². The smallest absolute Gasteiger partial charge is 0.256 e. The summed E-state index contributed by atoms with van der Waals surface area (Å²) in [7, 11) is 1.62. The van der Waals surface area contributed by atoms with Crippen LogP contribution in [-0.2, 0) is 27.2 Å². The van der Waals surface area contributed by atoms with E-state index in [1.807, 2.05) is 49.4 Å². The number of rotatable bonds is 4. The van der Waals surface area contributed by atoms with Crippen molar-refractivity contribution in [2.24, 2.45) is 0 Å². The topological polar surface area (TPSA) is 68.3 Å². The Bertz CT molecular complexity index is 1030. The third kappa shape index (κ3) is 5.96. The summed E-state index contributed by atoms with van der Waals surface area (Å²) in [5.74, 6) is 1.58. The van der Waals surface area contributed by atoms with Crippen LogP contribution >= 0.6 is 0 Å². The summed E-state index contributed by atoms with van der Waals surface area (Å²) in [6, 6.07) is 15.7. The number of hydrogen-bond acceptors (Lipinski definition) is 5. The number of amides is 2. The van der Waals surface area contributed by atoms with Crippen molar-refractivity contribution in [3.8, 4) is 11.5 Å². The lowest BCUT2D eigenvalue weighted by molar-refractivity contribution is -0.176. The van der Waals surface area contributed by atoms with E-state index in [1.165, 1.54) is 5.56 Å². The van der Waals surface area contributed by atoms with Crippen LogP contribution in [-0.4, -0.2) is 73.7 Å². The first kappa shape index (κ1) is 25.0. The molecule has 0 bridgehead atoms. The number of morpholine rings is 1. The molecule has 35 heavy (non-hydrogen) atoms.